The maximum Gasteiger partial charge on any atom is 0.326 e. The van der Waals surface area contributed by atoms with E-state index in [1.54, 1.807) is 6.07 Å². The number of benzene rings is 2. The number of carbonyl (C=O) groups excluding carboxylic acids is 2. The zero-order valence-corrected chi connectivity index (χ0v) is 16.3. The number of carbonyl (C=O) groups is 3. The van der Waals surface area contributed by atoms with Crippen molar-refractivity contribution in [1.29, 1.82) is 0 Å². The van der Waals surface area contributed by atoms with E-state index in [0.717, 1.165) is 4.90 Å². The van der Waals surface area contributed by atoms with Crippen molar-refractivity contribution in [3.05, 3.63) is 63.2 Å². The molecule has 0 bridgehead atoms. The second-order valence-electron chi connectivity index (χ2n) is 6.64. The molecule has 0 aliphatic carbocycles. The van der Waals surface area contributed by atoms with E-state index in [1.165, 1.54) is 41.3 Å². The number of anilines is 2. The van der Waals surface area contributed by atoms with E-state index in [2.05, 4.69) is 0 Å². The Morgan fingerprint density at radius 1 is 1.17 bits per heavy atom. The summed E-state index contributed by atoms with van der Waals surface area (Å²) >= 11 is 5.95. The third-order valence-corrected chi connectivity index (χ3v) is 5.01. The summed E-state index contributed by atoms with van der Waals surface area (Å²) in [5, 5.41) is 20.7. The topological polar surface area (TPSA) is 147 Å². The van der Waals surface area contributed by atoms with Crippen LogP contribution in [0.5, 0.6) is 0 Å². The number of carboxylic acid groups (broad SMARTS) is 1. The van der Waals surface area contributed by atoms with Crippen molar-refractivity contribution < 1.29 is 24.4 Å². The lowest BCUT2D eigenvalue weighted by Crippen LogP contribution is -2.59. The Bertz CT molecular complexity index is 1030. The number of non-ortho nitro benzene ring substituents is 1. The number of hydrogen-bond donors (Lipinski definition) is 2. The number of amides is 2. The number of hydrogen-bond acceptors (Lipinski definition) is 6. The van der Waals surface area contributed by atoms with E-state index < -0.39 is 28.7 Å². The molecule has 1 atom stereocenters. The summed E-state index contributed by atoms with van der Waals surface area (Å²) in [7, 11) is 0. The number of nitrogens with two attached hydrogens (primary N) is 1. The molecule has 1 fully saturated rings. The first-order valence-corrected chi connectivity index (χ1v) is 9.20. The van der Waals surface area contributed by atoms with Gasteiger partial charge in [0.25, 0.3) is 5.69 Å². The van der Waals surface area contributed by atoms with Gasteiger partial charge in [0, 0.05) is 36.7 Å². The molecule has 1 heterocycles. The van der Waals surface area contributed by atoms with E-state index in [9.17, 15) is 29.6 Å². The monoisotopic (exact) mass is 432 g/mol. The SMILES string of the molecule is Nc1ccc(Cl)cc1N1CCN(C(Cc2ccc([N+](=O)[O-])cc2)C(=O)O)C(=O)C1=O. The summed E-state index contributed by atoms with van der Waals surface area (Å²) < 4.78 is 0. The van der Waals surface area contributed by atoms with Crippen LogP contribution in [0.25, 0.3) is 0 Å². The Morgan fingerprint density at radius 3 is 2.43 bits per heavy atom. The van der Waals surface area contributed by atoms with E-state index in [-0.39, 0.29) is 36.6 Å². The van der Waals surface area contributed by atoms with Crippen LogP contribution in [-0.4, -0.2) is 51.8 Å². The first-order chi connectivity index (χ1) is 14.2. The van der Waals surface area contributed by atoms with Crippen LogP contribution >= 0.6 is 11.6 Å². The normalized spacial score (nSPS) is 15.2. The molecule has 1 aliphatic heterocycles. The van der Waals surface area contributed by atoms with E-state index in [0.29, 0.717) is 10.6 Å². The van der Waals surface area contributed by atoms with Crippen molar-refractivity contribution in [1.82, 2.24) is 4.90 Å². The second kappa shape index (κ2) is 8.37. The maximum absolute atomic E-state index is 12.7. The van der Waals surface area contributed by atoms with Crippen LogP contribution in [0.2, 0.25) is 5.02 Å². The minimum atomic E-state index is -1.30. The number of nitro groups is 1. The van der Waals surface area contributed by atoms with Crippen molar-refractivity contribution in [2.75, 3.05) is 23.7 Å². The Hall–Kier alpha value is -3.66. The average molecular weight is 433 g/mol. The lowest BCUT2D eigenvalue weighted by molar-refractivity contribution is -0.384. The number of carboxylic acids is 1. The predicted molar refractivity (Wildman–Crippen MR) is 108 cm³/mol. The molecule has 11 heteroatoms. The highest BCUT2D eigenvalue weighted by Crippen LogP contribution is 2.29. The van der Waals surface area contributed by atoms with Crippen LogP contribution in [-0.2, 0) is 20.8 Å². The zero-order valence-electron chi connectivity index (χ0n) is 15.5. The summed E-state index contributed by atoms with van der Waals surface area (Å²) in [5.41, 5.74) is 6.77. The fourth-order valence-corrected chi connectivity index (χ4v) is 3.40. The van der Waals surface area contributed by atoms with Gasteiger partial charge in [-0.15, -0.1) is 0 Å². The number of piperazine rings is 1. The molecule has 1 aliphatic rings. The van der Waals surface area contributed by atoms with Crippen LogP contribution in [0.4, 0.5) is 17.1 Å². The van der Waals surface area contributed by atoms with Crippen molar-refractivity contribution in [3.63, 3.8) is 0 Å². The molecule has 0 radical (unpaired) electrons. The molecule has 2 aromatic carbocycles. The van der Waals surface area contributed by atoms with Crippen molar-refractivity contribution in [3.8, 4) is 0 Å². The molecule has 156 valence electrons. The van der Waals surface area contributed by atoms with Gasteiger partial charge in [-0.3, -0.25) is 19.7 Å². The van der Waals surface area contributed by atoms with E-state index in [4.69, 9.17) is 17.3 Å². The van der Waals surface area contributed by atoms with E-state index in [1.807, 2.05) is 0 Å². The molecule has 10 nitrogen and oxygen atoms in total. The summed E-state index contributed by atoms with van der Waals surface area (Å²) in [6, 6.07) is 8.56. The molecule has 0 aromatic heterocycles. The average Bonchev–Trinajstić information content (AvgIpc) is 2.71. The predicted octanol–water partition coefficient (Wildman–Crippen LogP) is 1.70. The molecule has 0 spiro atoms. The van der Waals surface area contributed by atoms with Crippen molar-refractivity contribution in [2.24, 2.45) is 0 Å². The number of rotatable bonds is 6. The molecule has 3 rings (SSSR count). The minimum Gasteiger partial charge on any atom is -0.480 e. The fraction of sp³-hybridized carbons (Fsp3) is 0.211. The number of halogens is 1. The molecular weight excluding hydrogens is 416 g/mol. The maximum atomic E-state index is 12.7. The van der Waals surface area contributed by atoms with Crippen LogP contribution < -0.4 is 10.6 Å². The summed E-state index contributed by atoms with van der Waals surface area (Å²) in [5.74, 6) is -3.18. The van der Waals surface area contributed by atoms with Gasteiger partial charge in [0.2, 0.25) is 0 Å². The van der Waals surface area contributed by atoms with Gasteiger partial charge in [-0.2, -0.15) is 0 Å². The first kappa shape index (κ1) is 21.1. The van der Waals surface area contributed by atoms with Gasteiger partial charge in [-0.05, 0) is 23.8 Å². The molecule has 30 heavy (non-hydrogen) atoms. The third kappa shape index (κ3) is 4.18. The molecule has 2 aromatic rings. The minimum absolute atomic E-state index is 0.0273. The quantitative estimate of drug-likeness (QED) is 0.305. The van der Waals surface area contributed by atoms with Crippen LogP contribution in [0.15, 0.2) is 42.5 Å². The van der Waals surface area contributed by atoms with Gasteiger partial charge >= 0.3 is 17.8 Å². The molecule has 1 unspecified atom stereocenters. The zero-order chi connectivity index (χ0) is 22.0. The lowest BCUT2D eigenvalue weighted by Gasteiger charge is -2.37. The van der Waals surface area contributed by atoms with Crippen LogP contribution in [0, 0.1) is 10.1 Å². The second-order valence-corrected chi connectivity index (χ2v) is 7.08. The van der Waals surface area contributed by atoms with Crippen LogP contribution in [0.3, 0.4) is 0 Å². The number of nitrogen functional groups attached to an aromatic ring is 1. The van der Waals surface area contributed by atoms with Crippen molar-refractivity contribution >= 4 is 46.4 Å². The van der Waals surface area contributed by atoms with Gasteiger partial charge in [0.05, 0.1) is 16.3 Å². The molecule has 2 amide bonds. The Labute approximate surface area is 175 Å². The lowest BCUT2D eigenvalue weighted by atomic mass is 10.0. The van der Waals surface area contributed by atoms with Crippen molar-refractivity contribution in [2.45, 2.75) is 12.5 Å². The van der Waals surface area contributed by atoms with Gasteiger partial charge in [-0.25, -0.2) is 4.79 Å². The van der Waals surface area contributed by atoms with Gasteiger partial charge in [0.1, 0.15) is 6.04 Å². The molecule has 1 saturated heterocycles. The summed E-state index contributed by atoms with van der Waals surface area (Å²) in [6.07, 6.45) is -0.106. The van der Waals surface area contributed by atoms with Gasteiger partial charge in [-0.1, -0.05) is 23.7 Å². The summed E-state index contributed by atoms with van der Waals surface area (Å²) in [6.45, 7) is 0.0135. The van der Waals surface area contributed by atoms with E-state index >= 15 is 0 Å². The number of nitro benzene ring substituents is 1. The molecule has 0 saturated carbocycles. The third-order valence-electron chi connectivity index (χ3n) is 4.77. The largest absolute Gasteiger partial charge is 0.480 e. The smallest absolute Gasteiger partial charge is 0.326 e. The Kier molecular flexibility index (Phi) is 5.88. The molecular formula is C19H17ClN4O6. The number of nitrogens with zero attached hydrogens (tertiary/aromatic N) is 3. The highest BCUT2D eigenvalue weighted by atomic mass is 35.5. The number of aliphatic carboxylic acids is 1. The van der Waals surface area contributed by atoms with Gasteiger partial charge in [0.15, 0.2) is 0 Å². The highest BCUT2D eigenvalue weighted by Gasteiger charge is 2.40. The van der Waals surface area contributed by atoms with Crippen LogP contribution in [0.1, 0.15) is 5.56 Å². The highest BCUT2D eigenvalue weighted by molar-refractivity contribution is 6.41. The summed E-state index contributed by atoms with van der Waals surface area (Å²) in [4.78, 5) is 49.5. The molecule has 3 N–H and O–H groups in total. The first-order valence-electron chi connectivity index (χ1n) is 8.82. The Balaban J connectivity index is 1.81. The standard InChI is InChI=1S/C19H17ClN4O6/c20-12-3-6-14(21)15(10-12)22-7-8-23(18(26)17(22)25)16(19(27)28)9-11-1-4-13(5-2-11)24(29)30/h1-6,10,16H,7-9,21H2,(H,27,28). The van der Waals surface area contributed by atoms with Gasteiger partial charge < -0.3 is 20.6 Å². The Morgan fingerprint density at radius 2 is 1.83 bits per heavy atom. The fourth-order valence-electron chi connectivity index (χ4n) is 3.23.